The minimum atomic E-state index is -4.31. The van der Waals surface area contributed by atoms with Gasteiger partial charge in [0.1, 0.15) is 5.82 Å². The Bertz CT molecular complexity index is 1550. The van der Waals surface area contributed by atoms with Crippen LogP contribution in [0.1, 0.15) is 12.0 Å². The Labute approximate surface area is 197 Å². The average Bonchev–Trinajstić information content (AvgIpc) is 2.77. The molecule has 34 heavy (non-hydrogen) atoms. The topological polar surface area (TPSA) is 132 Å². The Morgan fingerprint density at radius 2 is 1.53 bits per heavy atom. The fraction of sp³-hybridized carbons (Fsp3) is 0.182. The fourth-order valence-corrected chi connectivity index (χ4v) is 7.32. The summed E-state index contributed by atoms with van der Waals surface area (Å²) in [4.78, 5) is -0.740. The smallest absolute Gasteiger partial charge is 0.264 e. The highest BCUT2D eigenvalue weighted by Gasteiger charge is 2.31. The number of hydrogen-bond acceptors (Lipinski definition) is 6. The first kappa shape index (κ1) is 24.3. The molecule has 0 amide bonds. The van der Waals surface area contributed by atoms with E-state index in [4.69, 9.17) is 5.14 Å². The summed E-state index contributed by atoms with van der Waals surface area (Å²) >= 11 is 0. The second-order valence-corrected chi connectivity index (χ2v) is 13.3. The number of benzene rings is 3. The van der Waals surface area contributed by atoms with Crippen LogP contribution in [0.5, 0.6) is 0 Å². The van der Waals surface area contributed by atoms with E-state index in [1.54, 1.807) is 12.1 Å². The third-order valence-corrected chi connectivity index (χ3v) is 9.47. The largest absolute Gasteiger partial charge is 0.266 e. The van der Waals surface area contributed by atoms with Gasteiger partial charge in [-0.1, -0.05) is 18.2 Å². The van der Waals surface area contributed by atoms with Gasteiger partial charge in [0.15, 0.2) is 9.84 Å². The van der Waals surface area contributed by atoms with Gasteiger partial charge in [0.25, 0.3) is 10.0 Å². The van der Waals surface area contributed by atoms with E-state index in [-0.39, 0.29) is 38.0 Å². The van der Waals surface area contributed by atoms with Crippen molar-refractivity contribution in [2.24, 2.45) is 5.14 Å². The number of aryl methyl sites for hydroxylation is 1. The minimum absolute atomic E-state index is 0.103. The zero-order chi connectivity index (χ0) is 24.9. The molecule has 0 bridgehead atoms. The number of sulfonamides is 2. The van der Waals surface area contributed by atoms with Crippen LogP contribution >= 0.6 is 0 Å². The molecule has 0 atom stereocenters. The van der Waals surface area contributed by atoms with Gasteiger partial charge in [0.2, 0.25) is 10.0 Å². The quantitative estimate of drug-likeness (QED) is 0.546. The SMILES string of the molecule is CS(=O)(=O)c1cccc(S(N)(=O)=O)c1-c1ccc2c(c1)N(S(=O)(=O)c1ccc(F)cc1)CCC2. The highest BCUT2D eigenvalue weighted by atomic mass is 32.2. The molecule has 3 aromatic rings. The van der Waals surface area contributed by atoms with Gasteiger partial charge in [-0.3, -0.25) is 4.31 Å². The predicted octanol–water partition coefficient (Wildman–Crippen LogP) is 2.69. The van der Waals surface area contributed by atoms with Gasteiger partial charge in [0.05, 0.1) is 20.4 Å². The second kappa shape index (κ2) is 8.45. The van der Waals surface area contributed by atoms with Gasteiger partial charge in [0, 0.05) is 18.4 Å². The standard InChI is InChI=1S/C22H21FN2O6S3/c1-32(26,27)20-5-2-6-21(33(24,28)29)22(20)16-8-7-15-4-3-13-25(19(15)14-16)34(30,31)18-11-9-17(23)10-12-18/h2,5-12,14H,3-4,13H2,1H3,(H2,24,28,29). The van der Waals surface area contributed by atoms with Gasteiger partial charge in [-0.25, -0.2) is 34.8 Å². The number of nitrogens with zero attached hydrogens (tertiary/aromatic N) is 1. The molecule has 180 valence electrons. The molecule has 1 aliphatic rings. The van der Waals surface area contributed by atoms with Crippen molar-refractivity contribution in [1.29, 1.82) is 0 Å². The van der Waals surface area contributed by atoms with Crippen LogP contribution in [0.3, 0.4) is 0 Å². The molecular weight excluding hydrogens is 503 g/mol. The van der Waals surface area contributed by atoms with E-state index < -0.39 is 35.7 Å². The molecule has 0 spiro atoms. The van der Waals surface area contributed by atoms with Crippen molar-refractivity contribution in [3.63, 3.8) is 0 Å². The van der Waals surface area contributed by atoms with Crippen molar-refractivity contribution >= 4 is 35.6 Å². The molecular formula is C22H21FN2O6S3. The summed E-state index contributed by atoms with van der Waals surface area (Å²) in [6, 6.07) is 12.8. The van der Waals surface area contributed by atoms with Crippen LogP contribution in [0.25, 0.3) is 11.1 Å². The first-order valence-corrected chi connectivity index (χ1v) is 15.0. The lowest BCUT2D eigenvalue weighted by Gasteiger charge is -2.31. The van der Waals surface area contributed by atoms with E-state index >= 15 is 0 Å². The number of nitrogens with two attached hydrogens (primary N) is 1. The molecule has 0 saturated heterocycles. The first-order chi connectivity index (χ1) is 15.8. The van der Waals surface area contributed by atoms with E-state index in [1.165, 1.54) is 40.7 Å². The van der Waals surface area contributed by atoms with Crippen LogP contribution in [0.15, 0.2) is 75.4 Å². The molecule has 0 aromatic heterocycles. The van der Waals surface area contributed by atoms with Gasteiger partial charge >= 0.3 is 0 Å². The molecule has 12 heteroatoms. The molecule has 4 rings (SSSR count). The predicted molar refractivity (Wildman–Crippen MR) is 126 cm³/mol. The molecule has 0 unspecified atom stereocenters. The van der Waals surface area contributed by atoms with Crippen LogP contribution in [-0.2, 0) is 36.3 Å². The van der Waals surface area contributed by atoms with Crippen molar-refractivity contribution in [3.8, 4) is 11.1 Å². The maximum atomic E-state index is 13.4. The molecule has 2 N–H and O–H groups in total. The van der Waals surface area contributed by atoms with Crippen LogP contribution in [-0.4, -0.2) is 38.1 Å². The lowest BCUT2D eigenvalue weighted by atomic mass is 9.98. The molecule has 1 aliphatic heterocycles. The molecule has 3 aromatic carbocycles. The summed E-state index contributed by atoms with van der Waals surface area (Å²) in [6.07, 6.45) is 2.05. The highest BCUT2D eigenvalue weighted by Crippen LogP contribution is 2.39. The Balaban J connectivity index is 1.96. The Morgan fingerprint density at radius 1 is 0.882 bits per heavy atom. The van der Waals surface area contributed by atoms with Crippen LogP contribution in [0, 0.1) is 5.82 Å². The molecule has 0 radical (unpaired) electrons. The summed E-state index contributed by atoms with van der Waals surface area (Å²) in [5.74, 6) is -0.576. The molecule has 1 heterocycles. The highest BCUT2D eigenvalue weighted by molar-refractivity contribution is 7.93. The van der Waals surface area contributed by atoms with Crippen molar-refractivity contribution in [2.45, 2.75) is 27.5 Å². The summed E-state index contributed by atoms with van der Waals surface area (Å²) in [5.41, 5.74) is 1.04. The Hall–Kier alpha value is -2.80. The van der Waals surface area contributed by atoms with E-state index in [1.807, 2.05) is 0 Å². The molecule has 0 fully saturated rings. The van der Waals surface area contributed by atoms with Crippen molar-refractivity contribution in [1.82, 2.24) is 0 Å². The number of anilines is 1. The Kier molecular flexibility index (Phi) is 6.05. The van der Waals surface area contributed by atoms with Crippen molar-refractivity contribution in [3.05, 3.63) is 72.0 Å². The summed E-state index contributed by atoms with van der Waals surface area (Å²) in [7, 11) is -12.2. The summed E-state index contributed by atoms with van der Waals surface area (Å²) < 4.78 is 90.7. The third-order valence-electron chi connectivity index (χ3n) is 5.55. The number of primary sulfonamides is 1. The van der Waals surface area contributed by atoms with Crippen LogP contribution < -0.4 is 9.44 Å². The number of halogens is 1. The van der Waals surface area contributed by atoms with Crippen LogP contribution in [0.4, 0.5) is 10.1 Å². The third kappa shape index (κ3) is 4.45. The minimum Gasteiger partial charge on any atom is -0.266 e. The summed E-state index contributed by atoms with van der Waals surface area (Å²) in [6.45, 7) is 0.145. The molecule has 0 aliphatic carbocycles. The van der Waals surface area contributed by atoms with Gasteiger partial charge in [-0.2, -0.15) is 0 Å². The lowest BCUT2D eigenvalue weighted by molar-refractivity contribution is 0.585. The van der Waals surface area contributed by atoms with E-state index in [2.05, 4.69) is 0 Å². The first-order valence-electron chi connectivity index (χ1n) is 10.1. The Morgan fingerprint density at radius 3 is 2.15 bits per heavy atom. The van der Waals surface area contributed by atoms with E-state index in [0.717, 1.165) is 18.4 Å². The van der Waals surface area contributed by atoms with Crippen molar-refractivity contribution < 1.29 is 29.6 Å². The maximum Gasteiger partial charge on any atom is 0.264 e. The van der Waals surface area contributed by atoms with E-state index in [0.29, 0.717) is 18.4 Å². The lowest BCUT2D eigenvalue weighted by Crippen LogP contribution is -2.35. The van der Waals surface area contributed by atoms with Crippen molar-refractivity contribution in [2.75, 3.05) is 17.1 Å². The monoisotopic (exact) mass is 524 g/mol. The average molecular weight is 525 g/mol. The second-order valence-electron chi connectivity index (χ2n) is 7.92. The van der Waals surface area contributed by atoms with Gasteiger partial charge < -0.3 is 0 Å². The number of sulfone groups is 1. The van der Waals surface area contributed by atoms with Crippen LogP contribution in [0.2, 0.25) is 0 Å². The molecule has 8 nitrogen and oxygen atoms in total. The zero-order valence-corrected chi connectivity index (χ0v) is 20.4. The van der Waals surface area contributed by atoms with Gasteiger partial charge in [-0.05, 0) is 66.4 Å². The summed E-state index contributed by atoms with van der Waals surface area (Å²) in [5, 5.41) is 5.37. The van der Waals surface area contributed by atoms with E-state index in [9.17, 15) is 29.6 Å². The van der Waals surface area contributed by atoms with Gasteiger partial charge in [-0.15, -0.1) is 0 Å². The number of rotatable bonds is 5. The normalized spacial score (nSPS) is 14.6. The molecule has 0 saturated carbocycles. The maximum absolute atomic E-state index is 13.4. The number of fused-ring (bicyclic) bond motifs is 1. The number of hydrogen-bond donors (Lipinski definition) is 1. The fourth-order valence-electron chi connectivity index (χ4n) is 4.02. The zero-order valence-electron chi connectivity index (χ0n) is 18.0.